The van der Waals surface area contributed by atoms with Gasteiger partial charge in [0.1, 0.15) is 17.2 Å². The molecule has 0 saturated carbocycles. The molecule has 1 unspecified atom stereocenters. The highest BCUT2D eigenvalue weighted by Gasteiger charge is 2.51. The van der Waals surface area contributed by atoms with Crippen molar-refractivity contribution in [2.75, 3.05) is 31.1 Å². The third-order valence-corrected chi connectivity index (χ3v) is 8.19. The summed E-state index contributed by atoms with van der Waals surface area (Å²) in [4.78, 5) is 29.1. The molecule has 3 aromatic carbocycles. The number of amides is 1. The fourth-order valence-corrected chi connectivity index (χ4v) is 6.34. The van der Waals surface area contributed by atoms with Gasteiger partial charge in [0.2, 0.25) is 0 Å². The smallest absolute Gasteiger partial charge is 0.410 e. The van der Waals surface area contributed by atoms with E-state index in [0.29, 0.717) is 24.3 Å². The van der Waals surface area contributed by atoms with E-state index in [9.17, 15) is 14.9 Å². The molecule has 1 amide bonds. The zero-order valence-corrected chi connectivity index (χ0v) is 25.2. The van der Waals surface area contributed by atoms with Crippen LogP contribution in [0, 0.1) is 23.0 Å². The number of fused-ring (bicyclic) bond motifs is 3. The molecular weight excluding hydrogens is 576 g/mol. The van der Waals surface area contributed by atoms with Crippen LogP contribution >= 0.6 is 11.6 Å². The minimum Gasteiger partial charge on any atom is -0.466 e. The molecule has 0 spiro atoms. The molecule has 3 aromatic rings. The number of nitriles is 1. The van der Waals surface area contributed by atoms with Crippen LogP contribution in [0.2, 0.25) is 5.02 Å². The fourth-order valence-electron chi connectivity index (χ4n) is 6.08. The first kappa shape index (κ1) is 30.3. The Morgan fingerprint density at radius 3 is 2.47 bits per heavy atom. The molecule has 1 fully saturated rings. The zero-order chi connectivity index (χ0) is 31.1. The fraction of sp³-hybridized carbons (Fsp3) is 0.364. The number of anilines is 1. The highest BCUT2D eigenvalue weighted by molar-refractivity contribution is 6.34. The summed E-state index contributed by atoms with van der Waals surface area (Å²) >= 11 is 6.61. The van der Waals surface area contributed by atoms with E-state index in [0.717, 1.165) is 5.56 Å². The van der Waals surface area contributed by atoms with Crippen LogP contribution in [0.4, 0.5) is 19.3 Å². The van der Waals surface area contributed by atoms with Crippen LogP contribution in [-0.2, 0) is 32.6 Å². The van der Waals surface area contributed by atoms with Gasteiger partial charge in [-0.05, 0) is 56.5 Å². The quantitative estimate of drug-likeness (QED) is 0.298. The minimum absolute atomic E-state index is 0.00567. The molecule has 10 heteroatoms. The molecule has 2 aliphatic heterocycles. The van der Waals surface area contributed by atoms with Gasteiger partial charge in [-0.25, -0.2) is 13.6 Å². The Bertz CT molecular complexity index is 1630. The number of piperazine rings is 1. The monoisotopic (exact) mass is 607 g/mol. The van der Waals surface area contributed by atoms with Crippen LogP contribution in [0.1, 0.15) is 49.9 Å². The van der Waals surface area contributed by atoms with E-state index in [2.05, 4.69) is 0 Å². The second-order valence-corrected chi connectivity index (χ2v) is 12.1. The summed E-state index contributed by atoms with van der Waals surface area (Å²) in [7, 11) is 0. The molecule has 224 valence electrons. The molecular formula is C33H32ClF2N3O4. The van der Waals surface area contributed by atoms with Gasteiger partial charge in [0, 0.05) is 36.3 Å². The summed E-state index contributed by atoms with van der Waals surface area (Å²) in [6.07, 6.45) is -0.585. The van der Waals surface area contributed by atoms with Crippen molar-refractivity contribution >= 4 is 29.4 Å². The van der Waals surface area contributed by atoms with Crippen molar-refractivity contribution in [2.45, 2.75) is 51.7 Å². The van der Waals surface area contributed by atoms with Gasteiger partial charge >= 0.3 is 12.1 Å². The second kappa shape index (κ2) is 11.5. The van der Waals surface area contributed by atoms with Crippen LogP contribution in [0.5, 0.6) is 0 Å². The molecule has 0 N–H and O–H groups in total. The minimum atomic E-state index is -0.851. The van der Waals surface area contributed by atoms with Gasteiger partial charge in [0.25, 0.3) is 0 Å². The van der Waals surface area contributed by atoms with Gasteiger partial charge in [-0.3, -0.25) is 4.79 Å². The summed E-state index contributed by atoms with van der Waals surface area (Å²) < 4.78 is 42.6. The Morgan fingerprint density at radius 2 is 1.81 bits per heavy atom. The molecule has 1 saturated heterocycles. The van der Waals surface area contributed by atoms with Crippen LogP contribution in [0.15, 0.2) is 48.5 Å². The van der Waals surface area contributed by atoms with E-state index in [1.165, 1.54) is 18.2 Å². The number of carbonyl (C=O) groups is 2. The van der Waals surface area contributed by atoms with Crippen molar-refractivity contribution in [1.29, 1.82) is 5.26 Å². The highest BCUT2D eigenvalue weighted by Crippen LogP contribution is 2.53. The lowest BCUT2D eigenvalue weighted by molar-refractivity contribution is -0.142. The summed E-state index contributed by atoms with van der Waals surface area (Å²) in [6.45, 7) is 8.05. The maximum atomic E-state index is 16.3. The molecule has 0 aromatic heterocycles. The van der Waals surface area contributed by atoms with E-state index >= 15 is 8.78 Å². The topological polar surface area (TPSA) is 82.9 Å². The van der Waals surface area contributed by atoms with Gasteiger partial charge in [-0.15, -0.1) is 0 Å². The Balaban J connectivity index is 1.69. The summed E-state index contributed by atoms with van der Waals surface area (Å²) in [5.74, 6) is -2.24. The first-order chi connectivity index (χ1) is 20.4. The average Bonchev–Trinajstić information content (AvgIpc) is 3.29. The normalized spacial score (nSPS) is 17.6. The van der Waals surface area contributed by atoms with Crippen molar-refractivity contribution in [3.05, 3.63) is 87.4 Å². The predicted molar refractivity (Wildman–Crippen MR) is 159 cm³/mol. The van der Waals surface area contributed by atoms with Crippen molar-refractivity contribution in [2.24, 2.45) is 0 Å². The van der Waals surface area contributed by atoms with Gasteiger partial charge in [0.05, 0.1) is 41.8 Å². The van der Waals surface area contributed by atoms with E-state index in [-0.39, 0.29) is 53.3 Å². The predicted octanol–water partition coefficient (Wildman–Crippen LogP) is 6.77. The number of nitrogens with zero attached hydrogens (tertiary/aromatic N) is 3. The van der Waals surface area contributed by atoms with E-state index in [4.69, 9.17) is 21.1 Å². The molecule has 7 nitrogen and oxygen atoms in total. The maximum absolute atomic E-state index is 16.3. The van der Waals surface area contributed by atoms with E-state index < -0.39 is 34.8 Å². The molecule has 2 heterocycles. The van der Waals surface area contributed by atoms with Crippen LogP contribution in [-0.4, -0.2) is 48.8 Å². The Kier molecular flexibility index (Phi) is 8.10. The number of halogens is 3. The van der Waals surface area contributed by atoms with Gasteiger partial charge in [-0.2, -0.15) is 5.26 Å². The summed E-state index contributed by atoms with van der Waals surface area (Å²) in [6, 6.07) is 15.6. The number of ether oxygens (including phenoxy) is 2. The lowest BCUT2D eigenvalue weighted by Crippen LogP contribution is -2.60. The van der Waals surface area contributed by atoms with Crippen molar-refractivity contribution in [3.8, 4) is 17.2 Å². The molecule has 0 radical (unpaired) electrons. The van der Waals surface area contributed by atoms with Gasteiger partial charge in [-0.1, -0.05) is 48.0 Å². The molecule has 1 atom stereocenters. The van der Waals surface area contributed by atoms with E-state index in [1.807, 2.05) is 41.3 Å². The molecule has 5 rings (SSSR count). The average molecular weight is 608 g/mol. The number of rotatable bonds is 5. The van der Waals surface area contributed by atoms with Crippen LogP contribution in [0.3, 0.4) is 0 Å². The van der Waals surface area contributed by atoms with E-state index in [1.54, 1.807) is 32.6 Å². The first-order valence-corrected chi connectivity index (χ1v) is 14.5. The highest BCUT2D eigenvalue weighted by atomic mass is 35.5. The third-order valence-electron chi connectivity index (χ3n) is 7.82. The maximum Gasteiger partial charge on any atom is 0.410 e. The number of benzene rings is 3. The standard InChI is InChI=1S/C33H32ClF2N3O4/c1-5-42-26(40)15-20-11-12-21(18-37)27(30(20)36)28-23-17-33(22-9-7-6-8-10-22)19-38(31(41)43-32(2,3)4)13-14-39(33)25(23)16-24(35)29(28)34/h6-12,16H,5,13-15,17,19H2,1-4H3. The molecule has 43 heavy (non-hydrogen) atoms. The van der Waals surface area contributed by atoms with Crippen LogP contribution in [0.25, 0.3) is 11.1 Å². The van der Waals surface area contributed by atoms with Crippen molar-refractivity contribution < 1.29 is 27.8 Å². The summed E-state index contributed by atoms with van der Waals surface area (Å²) in [5.41, 5.74) is 0.224. The first-order valence-electron chi connectivity index (χ1n) is 14.1. The number of carbonyl (C=O) groups excluding carboxylic acids is 2. The van der Waals surface area contributed by atoms with Crippen molar-refractivity contribution in [1.82, 2.24) is 4.90 Å². The summed E-state index contributed by atoms with van der Waals surface area (Å²) in [5, 5.41) is 9.66. The zero-order valence-electron chi connectivity index (χ0n) is 24.5. The molecule has 0 bridgehead atoms. The Morgan fingerprint density at radius 1 is 1.09 bits per heavy atom. The SMILES string of the molecule is CCOC(=O)Cc1ccc(C#N)c(-c2c(Cl)c(F)cc3c2CC2(c4ccccc4)CN(C(=O)OC(C)(C)C)CCN32)c1F. The van der Waals surface area contributed by atoms with Gasteiger partial charge < -0.3 is 19.3 Å². The largest absolute Gasteiger partial charge is 0.466 e. The Hall–Kier alpha value is -4.16. The molecule has 0 aliphatic carbocycles. The number of hydrogen-bond acceptors (Lipinski definition) is 6. The number of hydrogen-bond donors (Lipinski definition) is 0. The lowest BCUT2D eigenvalue weighted by Gasteiger charge is -2.48. The molecule has 2 aliphatic rings. The third kappa shape index (κ3) is 5.52. The lowest BCUT2D eigenvalue weighted by atomic mass is 9.82. The number of esters is 1. The van der Waals surface area contributed by atoms with Crippen molar-refractivity contribution in [3.63, 3.8) is 0 Å². The Labute approximate surface area is 254 Å². The van der Waals surface area contributed by atoms with Crippen LogP contribution < -0.4 is 4.90 Å². The second-order valence-electron chi connectivity index (χ2n) is 11.7. The van der Waals surface area contributed by atoms with Gasteiger partial charge in [0.15, 0.2) is 0 Å².